The molecule has 0 unspecified atom stereocenters. The topological polar surface area (TPSA) is 23.5 Å². The number of halogens is 1. The van der Waals surface area contributed by atoms with E-state index >= 15 is 0 Å². The second-order valence-electron chi connectivity index (χ2n) is 4.69. The highest BCUT2D eigenvalue weighted by atomic mass is 35.5. The van der Waals surface area contributed by atoms with Crippen LogP contribution in [0.25, 0.3) is 0 Å². The second-order valence-corrected chi connectivity index (χ2v) is 6.49. The average Bonchev–Trinajstić information content (AvgIpc) is 2.75. The molecule has 1 saturated carbocycles. The molecule has 2 nitrogen and oxygen atoms in total. The Morgan fingerprint density at radius 1 is 1.29 bits per heavy atom. The molecule has 1 aliphatic rings. The van der Waals surface area contributed by atoms with E-state index in [1.54, 1.807) is 11.3 Å². The first kappa shape index (κ1) is 13.3. The summed E-state index contributed by atoms with van der Waals surface area (Å²) in [5.41, 5.74) is 0. The van der Waals surface area contributed by atoms with Crippen molar-refractivity contribution in [3.63, 3.8) is 0 Å². The fourth-order valence-electron chi connectivity index (χ4n) is 2.60. The molecule has 0 atom stereocenters. The molecular formula is C13H20ClNOS. The summed E-state index contributed by atoms with van der Waals surface area (Å²) in [5, 5.41) is 9.19. The van der Waals surface area contributed by atoms with Crippen molar-refractivity contribution < 1.29 is 5.11 Å². The Kier molecular flexibility index (Phi) is 5.29. The van der Waals surface area contributed by atoms with E-state index in [4.69, 9.17) is 11.6 Å². The van der Waals surface area contributed by atoms with Gasteiger partial charge in [0.05, 0.1) is 10.9 Å². The van der Waals surface area contributed by atoms with Crippen molar-refractivity contribution in [2.45, 2.75) is 44.7 Å². The molecule has 0 radical (unpaired) electrons. The molecule has 0 bridgehead atoms. The van der Waals surface area contributed by atoms with E-state index in [0.29, 0.717) is 6.04 Å². The maximum Gasteiger partial charge on any atom is 0.0931 e. The zero-order valence-electron chi connectivity index (χ0n) is 10.1. The number of rotatable bonds is 5. The summed E-state index contributed by atoms with van der Waals surface area (Å²) in [6.45, 7) is 1.96. The van der Waals surface area contributed by atoms with Gasteiger partial charge < -0.3 is 5.11 Å². The lowest BCUT2D eigenvalue weighted by Crippen LogP contribution is -2.38. The van der Waals surface area contributed by atoms with Gasteiger partial charge in [-0.05, 0) is 25.0 Å². The summed E-state index contributed by atoms with van der Waals surface area (Å²) in [6.07, 6.45) is 6.59. The minimum Gasteiger partial charge on any atom is -0.395 e. The van der Waals surface area contributed by atoms with Gasteiger partial charge in [-0.15, -0.1) is 11.3 Å². The molecule has 1 heterocycles. The van der Waals surface area contributed by atoms with Gasteiger partial charge in [-0.2, -0.15) is 0 Å². The summed E-state index contributed by atoms with van der Waals surface area (Å²) >= 11 is 7.61. The third-order valence-corrected chi connectivity index (χ3v) is 4.68. The minimum absolute atomic E-state index is 0.246. The van der Waals surface area contributed by atoms with E-state index in [-0.39, 0.29) is 6.61 Å². The van der Waals surface area contributed by atoms with Crippen molar-refractivity contribution in [3.8, 4) is 0 Å². The van der Waals surface area contributed by atoms with E-state index in [1.165, 1.54) is 37.0 Å². The van der Waals surface area contributed by atoms with Crippen LogP contribution < -0.4 is 0 Å². The first-order chi connectivity index (χ1) is 8.29. The Hall–Kier alpha value is -0.0900. The number of thiophene rings is 1. The van der Waals surface area contributed by atoms with Gasteiger partial charge in [0.25, 0.3) is 0 Å². The Morgan fingerprint density at radius 2 is 2.06 bits per heavy atom. The van der Waals surface area contributed by atoms with Crippen LogP contribution in [-0.2, 0) is 6.54 Å². The monoisotopic (exact) mass is 273 g/mol. The molecule has 1 aromatic rings. The van der Waals surface area contributed by atoms with Crippen molar-refractivity contribution in [1.82, 2.24) is 4.90 Å². The highest BCUT2D eigenvalue weighted by Gasteiger charge is 2.21. The van der Waals surface area contributed by atoms with Gasteiger partial charge in [-0.25, -0.2) is 0 Å². The smallest absolute Gasteiger partial charge is 0.0931 e. The molecular weight excluding hydrogens is 254 g/mol. The van der Waals surface area contributed by atoms with Crippen LogP contribution in [0.2, 0.25) is 4.34 Å². The lowest BCUT2D eigenvalue weighted by molar-refractivity contribution is 0.118. The normalized spacial score (nSPS) is 17.8. The Bertz CT molecular complexity index is 336. The van der Waals surface area contributed by atoms with Crippen molar-refractivity contribution in [2.75, 3.05) is 13.2 Å². The van der Waals surface area contributed by atoms with Crippen LogP contribution in [0.15, 0.2) is 12.1 Å². The van der Waals surface area contributed by atoms with Gasteiger partial charge >= 0.3 is 0 Å². The van der Waals surface area contributed by atoms with Gasteiger partial charge in [0.15, 0.2) is 0 Å². The van der Waals surface area contributed by atoms with Crippen LogP contribution in [0.5, 0.6) is 0 Å². The van der Waals surface area contributed by atoms with Gasteiger partial charge in [0, 0.05) is 24.0 Å². The van der Waals surface area contributed by atoms with Gasteiger partial charge in [0.1, 0.15) is 0 Å². The first-order valence-corrected chi connectivity index (χ1v) is 7.58. The number of aliphatic hydroxyl groups excluding tert-OH is 1. The Labute approximate surface area is 112 Å². The molecule has 0 amide bonds. The van der Waals surface area contributed by atoms with Crippen molar-refractivity contribution >= 4 is 22.9 Å². The molecule has 1 aromatic heterocycles. The standard InChI is InChI=1S/C13H20ClNOS/c14-13-7-6-12(17-13)10-15(8-9-16)11-4-2-1-3-5-11/h6-7,11,16H,1-5,8-10H2. The lowest BCUT2D eigenvalue weighted by Gasteiger charge is -2.33. The van der Waals surface area contributed by atoms with Crippen LogP contribution in [-0.4, -0.2) is 29.2 Å². The molecule has 4 heteroatoms. The fraction of sp³-hybridized carbons (Fsp3) is 0.692. The highest BCUT2D eigenvalue weighted by Crippen LogP contribution is 2.27. The molecule has 0 aromatic carbocycles. The number of nitrogens with zero attached hydrogens (tertiary/aromatic N) is 1. The van der Waals surface area contributed by atoms with E-state index in [0.717, 1.165) is 17.4 Å². The molecule has 2 rings (SSSR count). The molecule has 1 aliphatic carbocycles. The molecule has 96 valence electrons. The van der Waals surface area contributed by atoms with Crippen molar-refractivity contribution in [2.24, 2.45) is 0 Å². The zero-order valence-corrected chi connectivity index (χ0v) is 11.6. The van der Waals surface area contributed by atoms with Crippen molar-refractivity contribution in [1.29, 1.82) is 0 Å². The fourth-order valence-corrected chi connectivity index (χ4v) is 3.72. The summed E-state index contributed by atoms with van der Waals surface area (Å²) in [7, 11) is 0. The molecule has 1 fully saturated rings. The maximum absolute atomic E-state index is 9.19. The van der Waals surface area contributed by atoms with Gasteiger partial charge in [0.2, 0.25) is 0 Å². The van der Waals surface area contributed by atoms with Gasteiger partial charge in [-0.3, -0.25) is 4.90 Å². The predicted molar refractivity (Wildman–Crippen MR) is 73.7 cm³/mol. The second kappa shape index (κ2) is 6.74. The van der Waals surface area contributed by atoms with Crippen LogP contribution in [0.3, 0.4) is 0 Å². The molecule has 0 aliphatic heterocycles. The van der Waals surface area contributed by atoms with Crippen LogP contribution in [0.4, 0.5) is 0 Å². The summed E-state index contributed by atoms with van der Waals surface area (Å²) in [6, 6.07) is 4.71. The average molecular weight is 274 g/mol. The first-order valence-electron chi connectivity index (χ1n) is 6.38. The summed E-state index contributed by atoms with van der Waals surface area (Å²) in [5.74, 6) is 0. The molecule has 17 heavy (non-hydrogen) atoms. The Morgan fingerprint density at radius 3 is 2.65 bits per heavy atom. The van der Waals surface area contributed by atoms with Crippen molar-refractivity contribution in [3.05, 3.63) is 21.3 Å². The number of hydrogen-bond acceptors (Lipinski definition) is 3. The maximum atomic E-state index is 9.19. The van der Waals surface area contributed by atoms with E-state index in [2.05, 4.69) is 11.0 Å². The predicted octanol–water partition coefficient (Wildman–Crippen LogP) is 3.53. The summed E-state index contributed by atoms with van der Waals surface area (Å²) in [4.78, 5) is 3.72. The Balaban J connectivity index is 1.95. The van der Waals surface area contributed by atoms with E-state index in [9.17, 15) is 5.11 Å². The highest BCUT2D eigenvalue weighted by molar-refractivity contribution is 7.16. The number of aliphatic hydroxyl groups is 1. The van der Waals surface area contributed by atoms with E-state index in [1.807, 2.05) is 6.07 Å². The van der Waals surface area contributed by atoms with Gasteiger partial charge in [-0.1, -0.05) is 30.9 Å². The third kappa shape index (κ3) is 3.95. The zero-order chi connectivity index (χ0) is 12.1. The molecule has 0 saturated heterocycles. The molecule has 1 N–H and O–H groups in total. The molecule has 0 spiro atoms. The SMILES string of the molecule is OCCN(Cc1ccc(Cl)s1)C1CCCCC1. The minimum atomic E-state index is 0.246. The third-order valence-electron chi connectivity index (χ3n) is 3.47. The quantitative estimate of drug-likeness (QED) is 0.887. The lowest BCUT2D eigenvalue weighted by atomic mass is 9.94. The summed E-state index contributed by atoms with van der Waals surface area (Å²) < 4.78 is 0.854. The van der Waals surface area contributed by atoms with E-state index < -0.39 is 0 Å². The van der Waals surface area contributed by atoms with Crippen LogP contribution in [0, 0.1) is 0 Å². The van der Waals surface area contributed by atoms with Crippen LogP contribution >= 0.6 is 22.9 Å². The number of hydrogen-bond donors (Lipinski definition) is 1. The largest absolute Gasteiger partial charge is 0.395 e. The van der Waals surface area contributed by atoms with Crippen LogP contribution in [0.1, 0.15) is 37.0 Å².